The van der Waals surface area contributed by atoms with E-state index in [9.17, 15) is 9.18 Å². The number of piperidine rings is 1. The van der Waals surface area contributed by atoms with Gasteiger partial charge in [0.2, 0.25) is 0 Å². The van der Waals surface area contributed by atoms with Crippen LogP contribution >= 0.6 is 11.3 Å². The number of aryl methyl sites for hydroxylation is 1. The number of anilines is 1. The van der Waals surface area contributed by atoms with Gasteiger partial charge in [0, 0.05) is 11.3 Å². The van der Waals surface area contributed by atoms with E-state index in [0.717, 1.165) is 36.5 Å². The van der Waals surface area contributed by atoms with Crippen LogP contribution in [0.4, 0.5) is 10.1 Å². The van der Waals surface area contributed by atoms with Crippen molar-refractivity contribution in [3.05, 3.63) is 45.7 Å². The van der Waals surface area contributed by atoms with Crippen molar-refractivity contribution in [3.8, 4) is 0 Å². The summed E-state index contributed by atoms with van der Waals surface area (Å²) in [5.41, 5.74) is 1.36. The highest BCUT2D eigenvalue weighted by Crippen LogP contribution is 2.28. The van der Waals surface area contributed by atoms with Gasteiger partial charge in [0.25, 0.3) is 5.91 Å². The maximum atomic E-state index is 13.8. The van der Waals surface area contributed by atoms with Crippen LogP contribution in [-0.2, 0) is 0 Å². The Morgan fingerprint density at radius 3 is 2.91 bits per heavy atom. The van der Waals surface area contributed by atoms with Crippen LogP contribution in [0.5, 0.6) is 0 Å². The summed E-state index contributed by atoms with van der Waals surface area (Å²) in [4.78, 5) is 16.6. The number of amides is 1. The van der Waals surface area contributed by atoms with Gasteiger partial charge in [-0.25, -0.2) is 9.37 Å². The highest BCUT2D eigenvalue weighted by Gasteiger charge is 2.20. The maximum absolute atomic E-state index is 13.8. The fraction of sp³-hybridized carbons (Fsp3) is 0.375. The third kappa shape index (κ3) is 3.34. The first-order valence-electron chi connectivity index (χ1n) is 7.37. The third-order valence-electron chi connectivity index (χ3n) is 3.82. The van der Waals surface area contributed by atoms with Crippen molar-refractivity contribution < 1.29 is 9.18 Å². The molecule has 1 aliphatic rings. The Labute approximate surface area is 132 Å². The van der Waals surface area contributed by atoms with Crippen LogP contribution in [0, 0.1) is 12.7 Å². The van der Waals surface area contributed by atoms with Crippen LogP contribution in [0.15, 0.2) is 23.6 Å². The fourth-order valence-corrected chi connectivity index (χ4v) is 3.53. The average Bonchev–Trinajstić information content (AvgIpc) is 3.01. The van der Waals surface area contributed by atoms with Crippen molar-refractivity contribution in [1.82, 2.24) is 10.3 Å². The van der Waals surface area contributed by atoms with E-state index in [0.29, 0.717) is 11.6 Å². The fourth-order valence-electron chi connectivity index (χ4n) is 2.56. The molecule has 2 heterocycles. The predicted molar refractivity (Wildman–Crippen MR) is 86.0 cm³/mol. The summed E-state index contributed by atoms with van der Waals surface area (Å²) in [6.07, 6.45) is 2.09. The van der Waals surface area contributed by atoms with Crippen molar-refractivity contribution >= 4 is 22.9 Å². The molecule has 1 saturated heterocycles. The normalized spacial score (nSPS) is 15.7. The summed E-state index contributed by atoms with van der Waals surface area (Å²) in [5, 5.41) is 8.65. The molecule has 1 aromatic carbocycles. The lowest BCUT2D eigenvalue weighted by Gasteiger charge is -2.20. The zero-order chi connectivity index (χ0) is 15.5. The number of carbonyl (C=O) groups excluding carboxylic acids is 1. The minimum Gasteiger partial charge on any atom is -0.318 e. The minimum absolute atomic E-state index is 0.187. The maximum Gasteiger partial charge on any atom is 0.275 e. The number of halogens is 1. The summed E-state index contributed by atoms with van der Waals surface area (Å²) in [6, 6.07) is 4.74. The number of nitrogens with zero attached hydrogens (tertiary/aromatic N) is 1. The van der Waals surface area contributed by atoms with Gasteiger partial charge < -0.3 is 10.6 Å². The van der Waals surface area contributed by atoms with Crippen molar-refractivity contribution in [3.63, 3.8) is 0 Å². The molecule has 1 aromatic heterocycles. The predicted octanol–water partition coefficient (Wildman–Crippen LogP) is 3.31. The molecular formula is C16H18FN3OS. The first-order valence-corrected chi connectivity index (χ1v) is 8.25. The molecule has 22 heavy (non-hydrogen) atoms. The second-order valence-electron chi connectivity index (χ2n) is 5.53. The van der Waals surface area contributed by atoms with Crippen LogP contribution in [0.3, 0.4) is 0 Å². The van der Waals surface area contributed by atoms with Gasteiger partial charge in [0.15, 0.2) is 0 Å². The van der Waals surface area contributed by atoms with Crippen LogP contribution in [-0.4, -0.2) is 24.0 Å². The van der Waals surface area contributed by atoms with Crippen molar-refractivity contribution in [1.29, 1.82) is 0 Å². The topological polar surface area (TPSA) is 54.0 Å². The molecule has 1 amide bonds. The molecule has 1 fully saturated rings. The molecule has 3 rings (SSSR count). The van der Waals surface area contributed by atoms with Crippen LogP contribution in [0.1, 0.15) is 39.8 Å². The number of aromatic nitrogens is 1. The lowest BCUT2D eigenvalue weighted by Crippen LogP contribution is -2.26. The van der Waals surface area contributed by atoms with Gasteiger partial charge in [-0.2, -0.15) is 0 Å². The van der Waals surface area contributed by atoms with Gasteiger partial charge >= 0.3 is 0 Å². The van der Waals surface area contributed by atoms with E-state index >= 15 is 0 Å². The highest BCUT2D eigenvalue weighted by molar-refractivity contribution is 7.09. The van der Waals surface area contributed by atoms with Crippen molar-refractivity contribution in [2.75, 3.05) is 18.4 Å². The van der Waals surface area contributed by atoms with Gasteiger partial charge in [0.1, 0.15) is 11.5 Å². The monoisotopic (exact) mass is 319 g/mol. The van der Waals surface area contributed by atoms with Crippen molar-refractivity contribution in [2.45, 2.75) is 25.7 Å². The zero-order valence-electron chi connectivity index (χ0n) is 12.4. The smallest absolute Gasteiger partial charge is 0.275 e. The second-order valence-corrected chi connectivity index (χ2v) is 6.42. The van der Waals surface area contributed by atoms with E-state index in [-0.39, 0.29) is 11.6 Å². The number of rotatable bonds is 3. The lowest BCUT2D eigenvalue weighted by molar-refractivity contribution is 0.102. The quantitative estimate of drug-likeness (QED) is 0.912. The van der Waals surface area contributed by atoms with E-state index in [2.05, 4.69) is 15.6 Å². The molecular weight excluding hydrogens is 301 g/mol. The Morgan fingerprint density at radius 1 is 1.41 bits per heavy atom. The number of thiazole rings is 1. The van der Waals surface area contributed by atoms with E-state index in [1.807, 2.05) is 0 Å². The summed E-state index contributed by atoms with van der Waals surface area (Å²) < 4.78 is 13.8. The van der Waals surface area contributed by atoms with Crippen LogP contribution in [0.2, 0.25) is 0 Å². The minimum atomic E-state index is -0.429. The van der Waals surface area contributed by atoms with Crippen LogP contribution in [0.25, 0.3) is 0 Å². The number of benzene rings is 1. The van der Waals surface area contributed by atoms with E-state index in [1.165, 1.54) is 17.4 Å². The SMILES string of the molecule is Cc1ccc(NC(=O)c2csc(C3CCNCC3)n2)c(F)c1. The molecule has 0 bridgehead atoms. The van der Waals surface area contributed by atoms with Gasteiger partial charge in [-0.05, 0) is 50.6 Å². The number of hydrogen-bond acceptors (Lipinski definition) is 4. The molecule has 0 radical (unpaired) electrons. The van der Waals surface area contributed by atoms with Crippen LogP contribution < -0.4 is 10.6 Å². The van der Waals surface area contributed by atoms with Gasteiger partial charge in [-0.1, -0.05) is 6.07 Å². The first-order chi connectivity index (χ1) is 10.6. The van der Waals surface area contributed by atoms with Gasteiger partial charge in [0.05, 0.1) is 10.7 Å². The number of nitrogens with one attached hydrogen (secondary N) is 2. The molecule has 0 saturated carbocycles. The number of hydrogen-bond donors (Lipinski definition) is 2. The first kappa shape index (κ1) is 15.1. The molecule has 4 nitrogen and oxygen atoms in total. The molecule has 0 aliphatic carbocycles. The molecule has 0 atom stereocenters. The summed E-state index contributed by atoms with van der Waals surface area (Å²) in [5.74, 6) is -0.370. The average molecular weight is 319 g/mol. The van der Waals surface area contributed by atoms with Gasteiger partial charge in [-0.15, -0.1) is 11.3 Å². The summed E-state index contributed by atoms with van der Waals surface area (Å²) >= 11 is 1.51. The molecule has 6 heteroatoms. The summed E-state index contributed by atoms with van der Waals surface area (Å²) in [6.45, 7) is 3.78. The largest absolute Gasteiger partial charge is 0.318 e. The third-order valence-corrected chi connectivity index (χ3v) is 4.82. The number of carbonyl (C=O) groups is 1. The van der Waals surface area contributed by atoms with E-state index in [4.69, 9.17) is 0 Å². The Balaban J connectivity index is 1.71. The molecule has 116 valence electrons. The zero-order valence-corrected chi connectivity index (χ0v) is 13.2. The second kappa shape index (κ2) is 6.54. The Morgan fingerprint density at radius 2 is 2.18 bits per heavy atom. The Hall–Kier alpha value is -1.79. The van der Waals surface area contributed by atoms with E-state index in [1.54, 1.807) is 24.4 Å². The standard InChI is InChI=1S/C16H18FN3OS/c1-10-2-3-13(12(17)8-10)19-15(21)14-9-22-16(20-14)11-4-6-18-7-5-11/h2-3,8-9,11,18H,4-7H2,1H3,(H,19,21). The van der Waals surface area contributed by atoms with Crippen molar-refractivity contribution in [2.24, 2.45) is 0 Å². The summed E-state index contributed by atoms with van der Waals surface area (Å²) in [7, 11) is 0. The Bertz CT molecular complexity index is 680. The molecule has 1 aliphatic heterocycles. The van der Waals surface area contributed by atoms with E-state index < -0.39 is 5.82 Å². The highest BCUT2D eigenvalue weighted by atomic mass is 32.1. The van der Waals surface area contributed by atoms with Gasteiger partial charge in [-0.3, -0.25) is 4.79 Å². The molecule has 0 unspecified atom stereocenters. The molecule has 2 aromatic rings. The molecule has 0 spiro atoms. The Kier molecular flexibility index (Phi) is 4.49. The lowest BCUT2D eigenvalue weighted by atomic mass is 9.99. The molecule has 2 N–H and O–H groups in total.